The summed E-state index contributed by atoms with van der Waals surface area (Å²) in [6.07, 6.45) is 0. The van der Waals surface area contributed by atoms with Gasteiger partial charge in [0, 0.05) is 0 Å². The molecule has 0 aliphatic carbocycles. The van der Waals surface area contributed by atoms with Gasteiger partial charge in [0.2, 0.25) is 0 Å². The topological polar surface area (TPSA) is 112 Å². The summed E-state index contributed by atoms with van der Waals surface area (Å²) >= 11 is 0. The molecule has 0 fully saturated rings. The van der Waals surface area contributed by atoms with Crippen LogP contribution in [0.25, 0.3) is 0 Å². The average Bonchev–Trinajstić information content (AvgIpc) is 0.722. The van der Waals surface area contributed by atoms with Gasteiger partial charge in [-0.25, -0.2) is 0 Å². The summed E-state index contributed by atoms with van der Waals surface area (Å²) < 4.78 is 0. The Morgan fingerprint density at radius 3 is 1.00 bits per heavy atom. The Bertz CT molecular complexity index is 42.2. The molecule has 9 heteroatoms. The monoisotopic (exact) mass is 226 g/mol. The van der Waals surface area contributed by atoms with Crippen molar-refractivity contribution >= 4 is 64.1 Å². The van der Waals surface area contributed by atoms with E-state index in [1.54, 1.807) is 0 Å². The molecule has 5 nitrogen and oxygen atoms in total. The van der Waals surface area contributed by atoms with E-state index in [0.29, 0.717) is 0 Å². The molecule has 0 aromatic heterocycles. The molecule has 9 heavy (non-hydrogen) atoms. The Morgan fingerprint density at radius 1 is 1.00 bits per heavy atom. The zero-order chi connectivity index (χ0) is 4.50. The van der Waals surface area contributed by atoms with E-state index in [4.69, 9.17) is 19.2 Å². The first-order valence-corrected chi connectivity index (χ1v) is 2.68. The van der Waals surface area contributed by atoms with E-state index < -0.39 is 9.05 Å². The second-order valence-electron chi connectivity index (χ2n) is 0.600. The summed E-state index contributed by atoms with van der Waals surface area (Å²) in [5, 5.41) is 0. The Kier molecular flexibility index (Phi) is 45.7. The zero-order valence-electron chi connectivity index (χ0n) is 7.50. The molecular weight excluding hydrogens is 214 g/mol. The van der Waals surface area contributed by atoms with Crippen LogP contribution in [-0.2, 0) is 0 Å². The van der Waals surface area contributed by atoms with Crippen LogP contribution in [0.4, 0.5) is 0 Å². The normalized spacial score (nSPS) is 6.67. The fourth-order valence-corrected chi connectivity index (χ4v) is 0. The van der Waals surface area contributed by atoms with Gasteiger partial charge in [0.15, 0.2) is 17.4 Å². The van der Waals surface area contributed by atoms with Crippen molar-refractivity contribution in [1.29, 1.82) is 0 Å². The largest absolute Gasteiger partial charge is 2.00 e. The molecule has 0 saturated heterocycles. The van der Waals surface area contributed by atoms with E-state index in [1.807, 2.05) is 0 Å². The molecule has 0 unspecified atom stereocenters. The van der Waals surface area contributed by atoms with Crippen molar-refractivity contribution in [2.45, 2.75) is 0 Å². The first kappa shape index (κ1) is 29.4. The molecular formula is H12AlCaKO5Si. The third kappa shape index (κ3) is 86.0. The Morgan fingerprint density at radius 2 is 1.00 bits per heavy atom. The standard InChI is InChI=1S/Al.Ca.K.H4O4Si.H2O.6H/c;;;1-5(2,3)4;;;;;;;/h;;;1-4H;1H2;;;;;;/q;+2;+1;;;;;;3*-1. The predicted octanol–water partition coefficient (Wildman–Crippen LogP) is -7.66. The van der Waals surface area contributed by atoms with E-state index >= 15 is 0 Å². The zero-order valence-corrected chi connectivity index (χ0v) is 10.8. The molecule has 0 aromatic rings. The van der Waals surface area contributed by atoms with E-state index in [1.165, 1.54) is 0 Å². The van der Waals surface area contributed by atoms with Gasteiger partial charge in [0.05, 0.1) is 0 Å². The fourth-order valence-electron chi connectivity index (χ4n) is 0. The van der Waals surface area contributed by atoms with Crippen LogP contribution in [0.5, 0.6) is 0 Å². The van der Waals surface area contributed by atoms with Crippen molar-refractivity contribution in [3.63, 3.8) is 0 Å². The van der Waals surface area contributed by atoms with Gasteiger partial charge in [-0.05, 0) is 0 Å². The minimum Gasteiger partial charge on any atom is -1.00 e. The summed E-state index contributed by atoms with van der Waals surface area (Å²) in [6, 6.07) is 0. The van der Waals surface area contributed by atoms with Gasteiger partial charge in [-0.1, -0.05) is 0 Å². The second kappa shape index (κ2) is 14.0. The van der Waals surface area contributed by atoms with Gasteiger partial charge >= 0.3 is 98.2 Å². The van der Waals surface area contributed by atoms with E-state index in [0.717, 1.165) is 0 Å². The maximum atomic E-state index is 7.33. The summed E-state index contributed by atoms with van der Waals surface area (Å²) in [6.45, 7) is 0. The van der Waals surface area contributed by atoms with Crippen molar-refractivity contribution in [3.8, 4) is 0 Å². The molecule has 0 aromatic carbocycles. The summed E-state index contributed by atoms with van der Waals surface area (Å²) in [4.78, 5) is 29.3. The van der Waals surface area contributed by atoms with Gasteiger partial charge in [-0.15, -0.1) is 0 Å². The Balaban J connectivity index is -0.00000000381. The van der Waals surface area contributed by atoms with Crippen LogP contribution in [0.2, 0.25) is 0 Å². The van der Waals surface area contributed by atoms with E-state index in [-0.39, 0.29) is 116 Å². The van der Waals surface area contributed by atoms with Gasteiger partial charge in [0.25, 0.3) is 0 Å². The van der Waals surface area contributed by atoms with Gasteiger partial charge < -0.3 is 28.9 Å². The number of hydrogen-bond donors (Lipinski definition) is 4. The third-order valence-corrected chi connectivity index (χ3v) is 0. The summed E-state index contributed by atoms with van der Waals surface area (Å²) in [5.74, 6) is 0. The second-order valence-corrected chi connectivity index (χ2v) is 1.80. The van der Waals surface area contributed by atoms with Crippen LogP contribution in [0.3, 0.4) is 0 Å². The molecule has 0 aliphatic heterocycles. The van der Waals surface area contributed by atoms with Crippen molar-refractivity contribution in [1.82, 2.24) is 0 Å². The van der Waals surface area contributed by atoms with Crippen molar-refractivity contribution in [2.24, 2.45) is 0 Å². The predicted molar refractivity (Wildman–Crippen MR) is 37.3 cm³/mol. The van der Waals surface area contributed by atoms with E-state index in [9.17, 15) is 0 Å². The molecule has 52 valence electrons. The molecule has 0 spiro atoms. The molecule has 0 aliphatic rings. The Labute approximate surface area is 141 Å². The minimum absolute atomic E-state index is 0. The third-order valence-electron chi connectivity index (χ3n) is 0. The van der Waals surface area contributed by atoms with Gasteiger partial charge in [0.1, 0.15) is 0 Å². The molecule has 0 atom stereocenters. The molecule has 0 radical (unpaired) electrons. The minimum atomic E-state index is -4.61. The van der Waals surface area contributed by atoms with Crippen LogP contribution >= 0.6 is 0 Å². The smallest absolute Gasteiger partial charge is 1.00 e. The van der Waals surface area contributed by atoms with Crippen LogP contribution in [0, 0.1) is 0 Å². The molecule has 0 amide bonds. The first-order valence-electron chi connectivity index (χ1n) is 0.894. The number of rotatable bonds is 0. The number of hydrogen-bond acceptors (Lipinski definition) is 4. The van der Waals surface area contributed by atoms with Crippen LogP contribution < -0.4 is 51.4 Å². The molecule has 6 N–H and O–H groups in total. The van der Waals surface area contributed by atoms with Crippen molar-refractivity contribution in [3.05, 3.63) is 0 Å². The SMILES string of the molecule is O.O[Si](O)(O)O.[AlH3].[Ca+2].[H-].[H-].[H-].[K+]. The molecule has 0 saturated carbocycles. The maximum Gasteiger partial charge on any atom is 2.00 e. The summed E-state index contributed by atoms with van der Waals surface area (Å²) in [7, 11) is -4.61. The van der Waals surface area contributed by atoms with Crippen LogP contribution in [0.15, 0.2) is 0 Å². The fraction of sp³-hybridized carbons (Fsp3) is 0. The average molecular weight is 226 g/mol. The first-order chi connectivity index (χ1) is 2.00. The summed E-state index contributed by atoms with van der Waals surface area (Å²) in [5.41, 5.74) is 0. The van der Waals surface area contributed by atoms with E-state index in [2.05, 4.69) is 0 Å². The van der Waals surface area contributed by atoms with Gasteiger partial charge in [-0.2, -0.15) is 0 Å². The van der Waals surface area contributed by atoms with Gasteiger partial charge in [-0.3, -0.25) is 0 Å². The molecule has 0 rings (SSSR count). The van der Waals surface area contributed by atoms with Crippen molar-refractivity contribution < 1.29 is 80.3 Å². The quantitative estimate of drug-likeness (QED) is 0.307. The molecule has 0 heterocycles. The maximum absolute atomic E-state index is 7.33. The molecule has 0 bridgehead atoms. The van der Waals surface area contributed by atoms with Crippen LogP contribution in [0.1, 0.15) is 4.28 Å². The van der Waals surface area contributed by atoms with Crippen molar-refractivity contribution in [2.75, 3.05) is 0 Å². The Hall–Kier alpha value is 3.45. The van der Waals surface area contributed by atoms with Crippen LogP contribution in [-0.4, -0.2) is 88.8 Å².